The normalized spacial score (nSPS) is 14.0. The minimum atomic E-state index is -1.06. The lowest BCUT2D eigenvalue weighted by molar-refractivity contribution is -0.136. The van der Waals surface area contributed by atoms with Gasteiger partial charge in [0.2, 0.25) is 0 Å². The molecule has 1 aliphatic heterocycles. The highest BCUT2D eigenvalue weighted by Gasteiger charge is 2.33. The molecule has 0 saturated carbocycles. The molecule has 182 valence electrons. The Hall–Kier alpha value is -4.60. The highest BCUT2D eigenvalue weighted by molar-refractivity contribution is 6.36. The van der Waals surface area contributed by atoms with Crippen LogP contribution < -0.4 is 4.90 Å². The van der Waals surface area contributed by atoms with E-state index in [2.05, 4.69) is 37.1 Å². The Bertz CT molecular complexity index is 1420. The fourth-order valence-electron chi connectivity index (χ4n) is 4.38. The first-order chi connectivity index (χ1) is 17.5. The van der Waals surface area contributed by atoms with E-state index < -0.39 is 5.97 Å². The summed E-state index contributed by atoms with van der Waals surface area (Å²) in [6.45, 7) is 2.32. The van der Waals surface area contributed by atoms with Gasteiger partial charge in [-0.15, -0.1) is 5.10 Å². The van der Waals surface area contributed by atoms with Crippen LogP contribution in [-0.4, -0.2) is 53.7 Å². The average Bonchev–Trinajstić information content (AvgIpc) is 3.60. The van der Waals surface area contributed by atoms with Gasteiger partial charge in [0.1, 0.15) is 12.4 Å². The standard InChI is InChI=1S/C26H25N7O3/c1-2-3-8-23-27-14-19(32(23)15-17-9-11-18(12-10-17)25-28-30-31-29-25)13-21-20-6-4-5-7-22(20)33(26(21)36)16-24(34)35/h4-7,9-14H,2-3,8,15-16H2,1H3,(H,34,35)(H,28,29,30,31)/b21-13+. The van der Waals surface area contributed by atoms with Gasteiger partial charge >= 0.3 is 5.97 Å². The van der Waals surface area contributed by atoms with Gasteiger partial charge in [0.05, 0.1) is 23.2 Å². The van der Waals surface area contributed by atoms with E-state index in [1.54, 1.807) is 18.3 Å². The van der Waals surface area contributed by atoms with Crippen LogP contribution in [0.5, 0.6) is 0 Å². The Labute approximate surface area is 207 Å². The van der Waals surface area contributed by atoms with Gasteiger partial charge in [-0.2, -0.15) is 0 Å². The van der Waals surface area contributed by atoms with Gasteiger partial charge in [-0.1, -0.05) is 55.8 Å². The Morgan fingerprint density at radius 1 is 1.14 bits per heavy atom. The molecule has 0 saturated heterocycles. The number of benzene rings is 2. The first kappa shape index (κ1) is 23.2. The summed E-state index contributed by atoms with van der Waals surface area (Å²) in [6, 6.07) is 15.2. The number of carbonyl (C=O) groups excluding carboxylic acids is 1. The smallest absolute Gasteiger partial charge is 0.323 e. The quantitative estimate of drug-likeness (QED) is 0.349. The number of tetrazole rings is 1. The molecule has 0 radical (unpaired) electrons. The van der Waals surface area contributed by atoms with Gasteiger partial charge in [0, 0.05) is 24.1 Å². The van der Waals surface area contributed by atoms with Crippen molar-refractivity contribution in [3.05, 3.63) is 77.4 Å². The number of imidazole rings is 1. The molecule has 0 unspecified atom stereocenters. The van der Waals surface area contributed by atoms with Crippen molar-refractivity contribution < 1.29 is 14.7 Å². The molecule has 0 fully saturated rings. The number of anilines is 1. The number of aryl methyl sites for hydroxylation is 1. The van der Waals surface area contributed by atoms with Crippen LogP contribution in [0.25, 0.3) is 23.0 Å². The van der Waals surface area contributed by atoms with E-state index in [4.69, 9.17) is 0 Å². The number of carboxylic acids is 1. The summed E-state index contributed by atoms with van der Waals surface area (Å²) >= 11 is 0. The third kappa shape index (κ3) is 4.52. The molecule has 0 atom stereocenters. The summed E-state index contributed by atoms with van der Waals surface area (Å²) in [5, 5.41) is 23.3. The second kappa shape index (κ2) is 9.95. The number of H-pyrrole nitrogens is 1. The Morgan fingerprint density at radius 3 is 2.67 bits per heavy atom. The number of amides is 1. The third-order valence-corrected chi connectivity index (χ3v) is 6.18. The number of nitrogens with zero attached hydrogens (tertiary/aromatic N) is 6. The molecular formula is C26H25N7O3. The topological polar surface area (TPSA) is 130 Å². The zero-order chi connectivity index (χ0) is 25.1. The van der Waals surface area contributed by atoms with Crippen molar-refractivity contribution in [3.63, 3.8) is 0 Å². The number of hydrogen-bond acceptors (Lipinski definition) is 6. The summed E-state index contributed by atoms with van der Waals surface area (Å²) in [4.78, 5) is 30.6. The van der Waals surface area contributed by atoms with Crippen molar-refractivity contribution in [2.24, 2.45) is 0 Å². The molecular weight excluding hydrogens is 458 g/mol. The third-order valence-electron chi connectivity index (χ3n) is 6.18. The summed E-state index contributed by atoms with van der Waals surface area (Å²) in [7, 11) is 0. The van der Waals surface area contributed by atoms with E-state index in [1.165, 1.54) is 4.90 Å². The van der Waals surface area contributed by atoms with E-state index in [-0.39, 0.29) is 12.5 Å². The van der Waals surface area contributed by atoms with Crippen molar-refractivity contribution in [2.75, 3.05) is 11.4 Å². The van der Waals surface area contributed by atoms with Gasteiger partial charge in [0.15, 0.2) is 5.82 Å². The zero-order valence-corrected chi connectivity index (χ0v) is 19.8. The predicted molar refractivity (Wildman–Crippen MR) is 134 cm³/mol. The van der Waals surface area contributed by atoms with Crippen LogP contribution in [0.3, 0.4) is 0 Å². The lowest BCUT2D eigenvalue weighted by Gasteiger charge is -2.13. The summed E-state index contributed by atoms with van der Waals surface area (Å²) < 4.78 is 2.11. The summed E-state index contributed by atoms with van der Waals surface area (Å²) in [5.74, 6) is 0.151. The number of aromatic nitrogens is 6. The number of hydrogen-bond donors (Lipinski definition) is 2. The van der Waals surface area contributed by atoms with Crippen LogP contribution in [0.4, 0.5) is 5.69 Å². The van der Waals surface area contributed by atoms with Gasteiger partial charge in [-0.25, -0.2) is 10.1 Å². The number of rotatable bonds is 9. The van der Waals surface area contributed by atoms with E-state index in [0.29, 0.717) is 23.6 Å². The van der Waals surface area contributed by atoms with Crippen LogP contribution in [0.2, 0.25) is 0 Å². The maximum atomic E-state index is 13.2. The number of carbonyl (C=O) groups is 2. The zero-order valence-electron chi connectivity index (χ0n) is 19.8. The average molecular weight is 484 g/mol. The molecule has 36 heavy (non-hydrogen) atoms. The molecule has 1 aliphatic rings. The number of carboxylic acid groups (broad SMARTS) is 1. The van der Waals surface area contributed by atoms with Crippen molar-refractivity contribution >= 4 is 29.2 Å². The lowest BCUT2D eigenvalue weighted by Crippen LogP contribution is -2.32. The maximum absolute atomic E-state index is 13.2. The lowest BCUT2D eigenvalue weighted by atomic mass is 10.1. The second-order valence-electron chi connectivity index (χ2n) is 8.60. The maximum Gasteiger partial charge on any atom is 0.323 e. The Kier molecular flexibility index (Phi) is 6.40. The fraction of sp³-hybridized carbons (Fsp3) is 0.231. The van der Waals surface area contributed by atoms with Crippen molar-refractivity contribution in [2.45, 2.75) is 32.7 Å². The molecule has 3 heterocycles. The van der Waals surface area contributed by atoms with E-state index >= 15 is 0 Å². The van der Waals surface area contributed by atoms with Crippen molar-refractivity contribution in [1.82, 2.24) is 30.2 Å². The van der Waals surface area contributed by atoms with Crippen LogP contribution in [0.1, 0.15) is 42.4 Å². The van der Waals surface area contributed by atoms with Crippen molar-refractivity contribution in [3.8, 4) is 11.4 Å². The molecule has 5 rings (SSSR count). The molecule has 2 N–H and O–H groups in total. The van der Waals surface area contributed by atoms with Crippen LogP contribution in [0.15, 0.2) is 54.7 Å². The minimum Gasteiger partial charge on any atom is -0.480 e. The van der Waals surface area contributed by atoms with Gasteiger partial charge in [-0.3, -0.25) is 14.5 Å². The van der Waals surface area contributed by atoms with Gasteiger partial charge in [-0.05, 0) is 34.6 Å². The number of unbranched alkanes of at least 4 members (excludes halogenated alkanes) is 1. The second-order valence-corrected chi connectivity index (χ2v) is 8.60. The van der Waals surface area contributed by atoms with Gasteiger partial charge in [0.25, 0.3) is 5.91 Å². The molecule has 10 nitrogen and oxygen atoms in total. The minimum absolute atomic E-state index is 0.327. The number of aromatic amines is 1. The monoisotopic (exact) mass is 483 g/mol. The summed E-state index contributed by atoms with van der Waals surface area (Å²) in [5.41, 5.74) is 4.52. The molecule has 0 bridgehead atoms. The summed E-state index contributed by atoms with van der Waals surface area (Å²) in [6.07, 6.45) is 6.46. The Balaban J connectivity index is 1.51. The predicted octanol–water partition coefficient (Wildman–Crippen LogP) is 3.43. The highest BCUT2D eigenvalue weighted by atomic mass is 16.4. The van der Waals surface area contributed by atoms with Crippen LogP contribution >= 0.6 is 0 Å². The molecule has 2 aromatic heterocycles. The molecule has 0 aliphatic carbocycles. The van der Waals surface area contributed by atoms with Crippen LogP contribution in [0, 0.1) is 0 Å². The van der Waals surface area contributed by atoms with E-state index in [9.17, 15) is 14.7 Å². The number of fused-ring (bicyclic) bond motifs is 1. The van der Waals surface area contributed by atoms with E-state index in [0.717, 1.165) is 47.5 Å². The van der Waals surface area contributed by atoms with Crippen LogP contribution in [-0.2, 0) is 22.6 Å². The number of nitrogens with one attached hydrogen (secondary N) is 1. The number of para-hydroxylation sites is 1. The van der Waals surface area contributed by atoms with Gasteiger partial charge < -0.3 is 9.67 Å². The molecule has 10 heteroatoms. The molecule has 2 aromatic carbocycles. The first-order valence-corrected chi connectivity index (χ1v) is 11.8. The van der Waals surface area contributed by atoms with Crippen molar-refractivity contribution in [1.29, 1.82) is 0 Å². The van der Waals surface area contributed by atoms with E-state index in [1.807, 2.05) is 42.5 Å². The molecule has 4 aromatic rings. The first-order valence-electron chi connectivity index (χ1n) is 11.8. The molecule has 0 spiro atoms. The highest BCUT2D eigenvalue weighted by Crippen LogP contribution is 2.37. The fourth-order valence-corrected chi connectivity index (χ4v) is 4.38. The number of aliphatic carboxylic acids is 1. The Morgan fingerprint density at radius 2 is 1.94 bits per heavy atom. The largest absolute Gasteiger partial charge is 0.480 e. The molecule has 1 amide bonds. The SMILES string of the molecule is CCCCc1ncc(/C=C2/C(=O)N(CC(=O)O)c3ccccc32)n1Cc1ccc(-c2nnn[nH]2)cc1.